The summed E-state index contributed by atoms with van der Waals surface area (Å²) in [6.45, 7) is 0. The number of hydrogen-bond acceptors (Lipinski definition) is 5. The van der Waals surface area contributed by atoms with Gasteiger partial charge in [0.2, 0.25) is 0 Å². The first-order valence-corrected chi connectivity index (χ1v) is 27.8. The summed E-state index contributed by atoms with van der Waals surface area (Å²) in [6, 6.07) is 99.7. The maximum absolute atomic E-state index is 11.4. The van der Waals surface area contributed by atoms with Crippen molar-refractivity contribution in [2.75, 3.05) is 0 Å². The van der Waals surface area contributed by atoms with Gasteiger partial charge in [-0.05, 0) is 72.8 Å². The van der Waals surface area contributed by atoms with Crippen molar-refractivity contribution in [1.29, 1.82) is 5.26 Å². The number of rotatable bonds is 9. The quantitative estimate of drug-likeness (QED) is 0.144. The van der Waals surface area contributed by atoms with E-state index in [0.717, 1.165) is 106 Å². The number of nitrogens with zero attached hydrogens (tertiary/aromatic N) is 8. The van der Waals surface area contributed by atoms with Crippen LogP contribution in [0.15, 0.2) is 279 Å². The van der Waals surface area contributed by atoms with Crippen LogP contribution in [0.4, 0.5) is 0 Å². The molecule has 16 rings (SSSR count). The summed E-state index contributed by atoms with van der Waals surface area (Å²) in [7, 11) is 0. The first kappa shape index (κ1) is 47.5. The Morgan fingerprint density at radius 1 is 0.265 bits per heavy atom. The van der Waals surface area contributed by atoms with E-state index in [4.69, 9.17) is 19.9 Å². The lowest BCUT2D eigenvalue weighted by Crippen LogP contribution is -2.06. The van der Waals surface area contributed by atoms with Gasteiger partial charge >= 0.3 is 0 Å². The van der Waals surface area contributed by atoms with Crippen LogP contribution in [-0.2, 0) is 0 Å². The summed E-state index contributed by atoms with van der Waals surface area (Å²) < 4.78 is 7.16. The van der Waals surface area contributed by atoms with Gasteiger partial charge in [0.25, 0.3) is 0 Å². The third-order valence-corrected chi connectivity index (χ3v) is 16.1. The highest BCUT2D eigenvalue weighted by Crippen LogP contribution is 2.45. The Hall–Kier alpha value is -11.5. The normalized spacial score (nSPS) is 11.6. The Morgan fingerprint density at radius 3 is 0.940 bits per heavy atom. The summed E-state index contributed by atoms with van der Waals surface area (Å²) in [6.07, 6.45) is 0. The lowest BCUT2D eigenvalue weighted by molar-refractivity contribution is 1.12. The van der Waals surface area contributed by atoms with Crippen molar-refractivity contribution in [3.63, 3.8) is 0 Å². The van der Waals surface area contributed by atoms with Gasteiger partial charge in [-0.2, -0.15) is 5.26 Å². The van der Waals surface area contributed by atoms with Crippen molar-refractivity contribution < 1.29 is 0 Å². The molecule has 0 amide bonds. The lowest BCUT2D eigenvalue weighted by atomic mass is 9.95. The molecule has 0 aliphatic heterocycles. The molecule has 11 aromatic carbocycles. The minimum absolute atomic E-state index is 0.443. The second-order valence-corrected chi connectivity index (χ2v) is 20.9. The van der Waals surface area contributed by atoms with Crippen molar-refractivity contribution in [3.8, 4) is 90.9 Å². The molecule has 8 heteroatoms. The van der Waals surface area contributed by atoms with Crippen molar-refractivity contribution >= 4 is 65.4 Å². The number of aromatic nitrogens is 7. The topological polar surface area (TPSA) is 90.1 Å². The number of hydrogen-bond donors (Lipinski definition) is 0. The number of benzene rings is 11. The zero-order chi connectivity index (χ0) is 55.0. The molecule has 5 heterocycles. The second-order valence-electron chi connectivity index (χ2n) is 20.9. The monoisotopic (exact) mass is 1060 g/mol. The summed E-state index contributed by atoms with van der Waals surface area (Å²) in [5.41, 5.74) is 17.4. The van der Waals surface area contributed by atoms with E-state index in [9.17, 15) is 5.26 Å². The van der Waals surface area contributed by atoms with E-state index < -0.39 is 0 Å². The SMILES string of the molecule is N#Cc1cc(-c2cc(-c3ccccc3)nc(-c3ccccc3)n2)c(-n2c3cc(-n4c5ccccc5c5ccccc54)ccc3c3ccc(-n4c5ccccc5c5ccccc54)cc32)c(-c2cc(-c3ccccc3)nc(-c3ccccc3)n2)c1. The molecular weight excluding hydrogens is 1010 g/mol. The molecule has 0 aliphatic rings. The van der Waals surface area contributed by atoms with Gasteiger partial charge in [0.1, 0.15) is 0 Å². The molecule has 0 bridgehead atoms. The molecular formula is C75H46N8. The zero-order valence-electron chi connectivity index (χ0n) is 44.6. The average molecular weight is 1060 g/mol. The predicted octanol–water partition coefficient (Wildman–Crippen LogP) is 18.4. The molecule has 5 aromatic heterocycles. The van der Waals surface area contributed by atoms with Crippen LogP contribution < -0.4 is 0 Å². The smallest absolute Gasteiger partial charge is 0.160 e. The van der Waals surface area contributed by atoms with Gasteiger partial charge in [0.15, 0.2) is 11.6 Å². The Kier molecular flexibility index (Phi) is 11.1. The van der Waals surface area contributed by atoms with E-state index in [1.54, 1.807) is 0 Å². The second kappa shape index (κ2) is 19.4. The molecule has 0 radical (unpaired) electrons. The summed E-state index contributed by atoms with van der Waals surface area (Å²) in [4.78, 5) is 21.6. The largest absolute Gasteiger partial charge is 0.309 e. The minimum Gasteiger partial charge on any atom is -0.309 e. The number of para-hydroxylation sites is 4. The van der Waals surface area contributed by atoms with Crippen molar-refractivity contribution in [3.05, 3.63) is 285 Å². The fraction of sp³-hybridized carbons (Fsp3) is 0. The Bertz CT molecular complexity index is 4730. The standard InChI is InChI=1S/C75H46N8/c76-47-48-41-61(65-45-63(49-21-5-1-6-22-49)77-74(79-65)51-25-9-3-10-26-51)73(62(42-48)66-46-64(50-23-7-2-8-24-50)78-75(80-66)52-27-11-4-12-28-52)83-71-43-53(81-67-33-17-13-29-55(67)56-30-14-18-34-68(56)81)37-39-59(71)60-40-38-54(44-72(60)83)82-69-35-19-15-31-57(69)58-32-16-20-36-70(58)82/h1-46H. The van der Waals surface area contributed by atoms with Crippen LogP contribution in [0.25, 0.3) is 150 Å². The van der Waals surface area contributed by atoms with Crippen LogP contribution in [0.2, 0.25) is 0 Å². The van der Waals surface area contributed by atoms with Crippen LogP contribution in [0.5, 0.6) is 0 Å². The van der Waals surface area contributed by atoms with Gasteiger partial charge < -0.3 is 13.7 Å². The average Bonchev–Trinajstić information content (AvgIpc) is 2.68. The molecule has 0 fully saturated rings. The lowest BCUT2D eigenvalue weighted by Gasteiger charge is -2.21. The molecule has 0 unspecified atom stereocenters. The van der Waals surface area contributed by atoms with E-state index in [1.807, 2.05) is 109 Å². The first-order valence-electron chi connectivity index (χ1n) is 27.8. The third kappa shape index (κ3) is 7.90. The zero-order valence-corrected chi connectivity index (χ0v) is 44.6. The van der Waals surface area contributed by atoms with Crippen LogP contribution in [0, 0.1) is 11.3 Å². The number of fused-ring (bicyclic) bond motifs is 9. The molecule has 16 aromatic rings. The van der Waals surface area contributed by atoms with Gasteiger partial charge in [-0.25, -0.2) is 19.9 Å². The van der Waals surface area contributed by atoms with Gasteiger partial charge in [0, 0.05) is 77.1 Å². The summed E-state index contributed by atoms with van der Waals surface area (Å²) in [5, 5.41) is 18.2. The Balaban J connectivity index is 1.09. The molecule has 0 saturated heterocycles. The molecule has 386 valence electrons. The van der Waals surface area contributed by atoms with Crippen molar-refractivity contribution in [2.24, 2.45) is 0 Å². The fourth-order valence-corrected chi connectivity index (χ4v) is 12.4. The molecule has 83 heavy (non-hydrogen) atoms. The van der Waals surface area contributed by atoms with Crippen molar-refractivity contribution in [2.45, 2.75) is 0 Å². The van der Waals surface area contributed by atoms with E-state index in [1.165, 1.54) is 21.5 Å². The highest BCUT2D eigenvalue weighted by Gasteiger charge is 2.27. The molecule has 8 nitrogen and oxygen atoms in total. The third-order valence-electron chi connectivity index (χ3n) is 16.1. The maximum Gasteiger partial charge on any atom is 0.160 e. The molecule has 0 spiro atoms. The number of nitriles is 1. The van der Waals surface area contributed by atoms with Gasteiger partial charge in [-0.1, -0.05) is 206 Å². The van der Waals surface area contributed by atoms with Crippen LogP contribution in [-0.4, -0.2) is 33.6 Å². The highest BCUT2D eigenvalue weighted by molar-refractivity contribution is 6.14. The van der Waals surface area contributed by atoms with Crippen LogP contribution in [0.3, 0.4) is 0 Å². The van der Waals surface area contributed by atoms with Gasteiger partial charge in [-0.15, -0.1) is 0 Å². The van der Waals surface area contributed by atoms with E-state index in [-0.39, 0.29) is 0 Å². The summed E-state index contributed by atoms with van der Waals surface area (Å²) in [5.74, 6) is 1.11. The van der Waals surface area contributed by atoms with Gasteiger partial charge in [0.05, 0.1) is 73.2 Å². The van der Waals surface area contributed by atoms with E-state index in [0.29, 0.717) is 28.6 Å². The Morgan fingerprint density at radius 2 is 0.578 bits per heavy atom. The molecule has 0 N–H and O–H groups in total. The minimum atomic E-state index is 0.443. The maximum atomic E-state index is 11.4. The highest BCUT2D eigenvalue weighted by atomic mass is 15.0. The van der Waals surface area contributed by atoms with E-state index >= 15 is 0 Å². The van der Waals surface area contributed by atoms with Crippen molar-refractivity contribution in [1.82, 2.24) is 33.6 Å². The summed E-state index contributed by atoms with van der Waals surface area (Å²) >= 11 is 0. The van der Waals surface area contributed by atoms with E-state index in [2.05, 4.69) is 190 Å². The van der Waals surface area contributed by atoms with Gasteiger partial charge in [-0.3, -0.25) is 0 Å². The molecule has 0 atom stereocenters. The fourth-order valence-electron chi connectivity index (χ4n) is 12.4. The molecule has 0 aliphatic carbocycles. The first-order chi connectivity index (χ1) is 41.1. The van der Waals surface area contributed by atoms with Crippen LogP contribution >= 0.6 is 0 Å². The molecule has 0 saturated carbocycles. The Labute approximate surface area is 477 Å². The predicted molar refractivity (Wildman–Crippen MR) is 338 cm³/mol. The van der Waals surface area contributed by atoms with Crippen LogP contribution in [0.1, 0.15) is 5.56 Å².